The van der Waals surface area contributed by atoms with Crippen LogP contribution in [-0.2, 0) is 6.42 Å². The molecule has 0 aliphatic rings. The number of carbonyl (C=O) groups excluding carboxylic acids is 1. The second-order valence-corrected chi connectivity index (χ2v) is 5.39. The normalized spacial score (nSPS) is 10.3. The van der Waals surface area contributed by atoms with Gasteiger partial charge in [-0.25, -0.2) is 4.98 Å². The molecular formula is C14H16ClF2N3O2S. The number of thiazole rings is 1. The van der Waals surface area contributed by atoms with Crippen LogP contribution in [-0.4, -0.2) is 24.0 Å². The van der Waals surface area contributed by atoms with E-state index in [9.17, 15) is 13.6 Å². The molecule has 1 heterocycles. The molecular weight excluding hydrogens is 348 g/mol. The zero-order chi connectivity index (χ0) is 16.1. The molecule has 3 N–H and O–H groups in total. The Kier molecular flexibility index (Phi) is 7.34. The van der Waals surface area contributed by atoms with Gasteiger partial charge in [-0.1, -0.05) is 12.1 Å². The van der Waals surface area contributed by atoms with Gasteiger partial charge in [0.1, 0.15) is 11.4 Å². The summed E-state index contributed by atoms with van der Waals surface area (Å²) in [6.07, 6.45) is 0.585. The fourth-order valence-corrected chi connectivity index (χ4v) is 2.62. The van der Waals surface area contributed by atoms with E-state index in [1.165, 1.54) is 17.4 Å². The van der Waals surface area contributed by atoms with Crippen LogP contribution < -0.4 is 15.8 Å². The van der Waals surface area contributed by atoms with E-state index in [-0.39, 0.29) is 29.5 Å². The quantitative estimate of drug-likeness (QED) is 0.826. The number of ether oxygens (including phenoxy) is 1. The van der Waals surface area contributed by atoms with Gasteiger partial charge in [-0.2, -0.15) is 8.78 Å². The zero-order valence-corrected chi connectivity index (χ0v) is 13.8. The van der Waals surface area contributed by atoms with Crippen LogP contribution in [0.4, 0.5) is 14.5 Å². The molecule has 5 nitrogen and oxygen atoms in total. The lowest BCUT2D eigenvalue weighted by atomic mass is 10.2. The third-order valence-electron chi connectivity index (χ3n) is 2.83. The minimum absolute atomic E-state index is 0. The summed E-state index contributed by atoms with van der Waals surface area (Å²) in [5.41, 5.74) is 6.48. The summed E-state index contributed by atoms with van der Waals surface area (Å²) >= 11 is 1.33. The Balaban J connectivity index is 0.00000264. The number of nitrogens with one attached hydrogen (secondary N) is 1. The first-order valence-electron chi connectivity index (χ1n) is 6.51. The molecule has 23 heavy (non-hydrogen) atoms. The molecule has 2 rings (SSSR count). The monoisotopic (exact) mass is 363 g/mol. The van der Waals surface area contributed by atoms with Crippen molar-refractivity contribution in [3.63, 3.8) is 0 Å². The van der Waals surface area contributed by atoms with Crippen LogP contribution in [0.3, 0.4) is 0 Å². The van der Waals surface area contributed by atoms with Gasteiger partial charge < -0.3 is 15.8 Å². The van der Waals surface area contributed by atoms with Crippen LogP contribution >= 0.6 is 23.7 Å². The molecule has 0 aliphatic carbocycles. The van der Waals surface area contributed by atoms with Crippen molar-refractivity contribution in [1.29, 1.82) is 0 Å². The van der Waals surface area contributed by atoms with Crippen LogP contribution in [0.15, 0.2) is 23.6 Å². The van der Waals surface area contributed by atoms with E-state index in [0.717, 1.165) is 5.01 Å². The zero-order valence-electron chi connectivity index (χ0n) is 12.2. The molecule has 0 atom stereocenters. The van der Waals surface area contributed by atoms with Gasteiger partial charge in [0, 0.05) is 11.8 Å². The Morgan fingerprint density at radius 1 is 1.48 bits per heavy atom. The molecule has 0 radical (unpaired) electrons. The number of aryl methyl sites for hydroxylation is 1. The number of nitrogens with zero attached hydrogens (tertiary/aromatic N) is 1. The maximum Gasteiger partial charge on any atom is 0.387 e. The van der Waals surface area contributed by atoms with E-state index in [1.54, 1.807) is 24.4 Å². The Bertz CT molecular complexity index is 667. The molecule has 0 aliphatic heterocycles. The minimum atomic E-state index is -2.96. The summed E-state index contributed by atoms with van der Waals surface area (Å²) in [5, 5.41) is 4.93. The van der Waals surface area contributed by atoms with E-state index in [4.69, 9.17) is 5.73 Å². The first-order chi connectivity index (χ1) is 10.5. The Labute approximate surface area is 142 Å². The minimum Gasteiger partial charge on any atom is -0.433 e. The number of benzene rings is 1. The highest BCUT2D eigenvalue weighted by atomic mass is 35.5. The fourth-order valence-electron chi connectivity index (χ4n) is 1.83. The molecule has 0 saturated heterocycles. The van der Waals surface area contributed by atoms with Crippen molar-refractivity contribution in [2.24, 2.45) is 5.73 Å². The summed E-state index contributed by atoms with van der Waals surface area (Å²) in [6, 6.07) is 4.63. The topological polar surface area (TPSA) is 77.2 Å². The van der Waals surface area contributed by atoms with Crippen molar-refractivity contribution in [1.82, 2.24) is 4.98 Å². The number of hydrogen-bond acceptors (Lipinski definition) is 5. The highest BCUT2D eigenvalue weighted by molar-refractivity contribution is 7.09. The van der Waals surface area contributed by atoms with Crippen LogP contribution in [0.1, 0.15) is 21.1 Å². The Morgan fingerprint density at radius 3 is 2.87 bits per heavy atom. The SMILES string of the molecule is Cc1cccc(OC(F)F)c1NC(=O)c1csc(CCN)n1.Cl. The van der Waals surface area contributed by atoms with Crippen molar-refractivity contribution < 1.29 is 18.3 Å². The number of rotatable bonds is 6. The van der Waals surface area contributed by atoms with Crippen LogP contribution in [0.25, 0.3) is 0 Å². The van der Waals surface area contributed by atoms with Crippen molar-refractivity contribution >= 4 is 35.3 Å². The average Bonchev–Trinajstić information content (AvgIpc) is 2.91. The number of aromatic nitrogens is 1. The van der Waals surface area contributed by atoms with Gasteiger partial charge in [0.25, 0.3) is 5.91 Å². The summed E-state index contributed by atoms with van der Waals surface area (Å²) in [4.78, 5) is 16.3. The summed E-state index contributed by atoms with van der Waals surface area (Å²) < 4.78 is 29.3. The smallest absolute Gasteiger partial charge is 0.387 e. The number of amides is 1. The number of anilines is 1. The van der Waals surface area contributed by atoms with E-state index in [1.807, 2.05) is 0 Å². The van der Waals surface area contributed by atoms with Crippen molar-refractivity contribution in [3.8, 4) is 5.75 Å². The third-order valence-corrected chi connectivity index (χ3v) is 3.74. The van der Waals surface area contributed by atoms with Gasteiger partial charge in [0.05, 0.1) is 10.7 Å². The van der Waals surface area contributed by atoms with E-state index < -0.39 is 12.5 Å². The van der Waals surface area contributed by atoms with Crippen LogP contribution in [0.5, 0.6) is 5.75 Å². The van der Waals surface area contributed by atoms with E-state index in [0.29, 0.717) is 18.5 Å². The standard InChI is InChI=1S/C14H15F2N3O2S.ClH/c1-8-3-2-4-10(21-14(15)16)12(8)19-13(20)9-7-22-11(18-9)5-6-17;/h2-4,7,14H,5-6,17H2,1H3,(H,19,20);1H. The highest BCUT2D eigenvalue weighted by Crippen LogP contribution is 2.30. The lowest BCUT2D eigenvalue weighted by Gasteiger charge is -2.13. The third kappa shape index (κ3) is 5.12. The molecule has 126 valence electrons. The second-order valence-electron chi connectivity index (χ2n) is 4.45. The van der Waals surface area contributed by atoms with Gasteiger partial charge in [-0.05, 0) is 25.1 Å². The van der Waals surface area contributed by atoms with Gasteiger partial charge in [0.15, 0.2) is 0 Å². The molecule has 0 unspecified atom stereocenters. The van der Waals surface area contributed by atoms with Gasteiger partial charge in [-0.3, -0.25) is 4.79 Å². The Hall–Kier alpha value is -1.77. The lowest BCUT2D eigenvalue weighted by Crippen LogP contribution is -2.15. The predicted octanol–water partition coefficient (Wildman–Crippen LogP) is 3.23. The van der Waals surface area contributed by atoms with E-state index >= 15 is 0 Å². The first-order valence-corrected chi connectivity index (χ1v) is 7.39. The summed E-state index contributed by atoms with van der Waals surface area (Å²) in [7, 11) is 0. The van der Waals surface area contributed by atoms with Crippen molar-refractivity contribution in [3.05, 3.63) is 39.8 Å². The number of halogens is 3. The van der Waals surface area contributed by atoms with Crippen molar-refractivity contribution in [2.45, 2.75) is 20.0 Å². The molecule has 0 spiro atoms. The number of carbonyl (C=O) groups is 1. The fraction of sp³-hybridized carbons (Fsp3) is 0.286. The molecule has 1 aromatic heterocycles. The molecule has 0 fully saturated rings. The molecule has 0 bridgehead atoms. The second kappa shape index (κ2) is 8.76. The number of para-hydroxylation sites is 1. The van der Waals surface area contributed by atoms with Gasteiger partial charge >= 0.3 is 6.61 Å². The van der Waals surface area contributed by atoms with Gasteiger partial charge in [0.2, 0.25) is 0 Å². The molecule has 9 heteroatoms. The maximum atomic E-state index is 12.4. The molecule has 1 amide bonds. The largest absolute Gasteiger partial charge is 0.433 e. The molecule has 1 aromatic carbocycles. The summed E-state index contributed by atoms with van der Waals surface area (Å²) in [6.45, 7) is -0.832. The predicted molar refractivity (Wildman–Crippen MR) is 87.9 cm³/mol. The molecule has 2 aromatic rings. The lowest BCUT2D eigenvalue weighted by molar-refractivity contribution is -0.0493. The average molecular weight is 364 g/mol. The summed E-state index contributed by atoms with van der Waals surface area (Å²) in [5.74, 6) is -0.561. The number of hydrogen-bond donors (Lipinski definition) is 2. The van der Waals surface area contributed by atoms with E-state index in [2.05, 4.69) is 15.0 Å². The van der Waals surface area contributed by atoms with Gasteiger partial charge in [-0.15, -0.1) is 23.7 Å². The molecule has 0 saturated carbocycles. The van der Waals surface area contributed by atoms with Crippen LogP contribution in [0, 0.1) is 6.92 Å². The van der Waals surface area contributed by atoms with Crippen molar-refractivity contribution in [2.75, 3.05) is 11.9 Å². The van der Waals surface area contributed by atoms with Crippen LogP contribution in [0.2, 0.25) is 0 Å². The maximum absolute atomic E-state index is 12.4. The number of alkyl halides is 2. The first kappa shape index (κ1) is 19.3. The Morgan fingerprint density at radius 2 is 2.22 bits per heavy atom. The highest BCUT2D eigenvalue weighted by Gasteiger charge is 2.16. The number of nitrogens with two attached hydrogens (primary N) is 1.